The minimum absolute atomic E-state index is 0.347. The van der Waals surface area contributed by atoms with Gasteiger partial charge < -0.3 is 9.72 Å². The molecule has 5 rings (SSSR count). The van der Waals surface area contributed by atoms with Crippen LogP contribution in [0.4, 0.5) is 0 Å². The number of amides is 1. The maximum absolute atomic E-state index is 13.3. The molecule has 0 aliphatic rings. The first-order valence-corrected chi connectivity index (χ1v) is 12.5. The molecule has 2 N–H and O–H groups in total. The van der Waals surface area contributed by atoms with Crippen LogP contribution in [0, 0.1) is 6.92 Å². The maximum Gasteiger partial charge on any atom is 0.343 e. The van der Waals surface area contributed by atoms with Crippen LogP contribution in [-0.4, -0.2) is 23.1 Å². The third-order valence-electron chi connectivity index (χ3n) is 6.37. The summed E-state index contributed by atoms with van der Waals surface area (Å²) in [7, 11) is 0. The van der Waals surface area contributed by atoms with Gasteiger partial charge in [0.25, 0.3) is 5.91 Å². The van der Waals surface area contributed by atoms with E-state index in [0.29, 0.717) is 22.6 Å². The molecule has 6 heteroatoms. The van der Waals surface area contributed by atoms with Crippen LogP contribution in [-0.2, 0) is 6.42 Å². The van der Waals surface area contributed by atoms with Gasteiger partial charge in [0.2, 0.25) is 0 Å². The molecule has 0 saturated carbocycles. The fraction of sp³-hybridized carbons (Fsp3) is 0.0938. The maximum atomic E-state index is 13.3. The number of hydrazone groups is 1. The Morgan fingerprint density at radius 3 is 2.39 bits per heavy atom. The Labute approximate surface area is 221 Å². The van der Waals surface area contributed by atoms with E-state index in [1.165, 1.54) is 6.21 Å². The number of nitrogens with one attached hydrogen (secondary N) is 2. The Morgan fingerprint density at radius 1 is 0.895 bits per heavy atom. The molecule has 0 radical (unpaired) electrons. The van der Waals surface area contributed by atoms with Crippen LogP contribution in [0.3, 0.4) is 0 Å². The highest BCUT2D eigenvalue weighted by atomic mass is 16.5. The number of carbonyl (C=O) groups excluding carboxylic acids is 2. The number of hydrogen-bond acceptors (Lipinski definition) is 4. The molecule has 4 aromatic carbocycles. The molecule has 0 bridgehead atoms. The molecule has 0 unspecified atom stereocenters. The van der Waals surface area contributed by atoms with Crippen molar-refractivity contribution in [3.05, 3.63) is 125 Å². The van der Waals surface area contributed by atoms with Crippen molar-refractivity contribution in [2.75, 3.05) is 0 Å². The van der Waals surface area contributed by atoms with Crippen LogP contribution in [0.5, 0.6) is 5.75 Å². The highest BCUT2D eigenvalue weighted by Crippen LogP contribution is 2.34. The number of aromatic amines is 1. The lowest BCUT2D eigenvalue weighted by Gasteiger charge is -2.08. The number of aryl methyl sites for hydroxylation is 2. The lowest BCUT2D eigenvalue weighted by molar-refractivity contribution is 0.0734. The Morgan fingerprint density at radius 2 is 1.63 bits per heavy atom. The Bertz CT molecular complexity index is 1630. The summed E-state index contributed by atoms with van der Waals surface area (Å²) in [5.41, 5.74) is 8.97. The molecule has 0 fully saturated rings. The first-order valence-electron chi connectivity index (χ1n) is 12.5. The fourth-order valence-electron chi connectivity index (χ4n) is 4.39. The second-order valence-electron chi connectivity index (χ2n) is 8.93. The predicted molar refractivity (Wildman–Crippen MR) is 151 cm³/mol. The summed E-state index contributed by atoms with van der Waals surface area (Å²) in [6.07, 6.45) is 2.31. The van der Waals surface area contributed by atoms with Gasteiger partial charge in [0.15, 0.2) is 0 Å². The van der Waals surface area contributed by atoms with E-state index >= 15 is 0 Å². The Hall–Kier alpha value is -4.97. The summed E-state index contributed by atoms with van der Waals surface area (Å²) >= 11 is 0. The van der Waals surface area contributed by atoms with Gasteiger partial charge in [-0.1, -0.05) is 85.3 Å². The lowest BCUT2D eigenvalue weighted by atomic mass is 10.00. The van der Waals surface area contributed by atoms with Gasteiger partial charge in [0.05, 0.1) is 11.8 Å². The van der Waals surface area contributed by atoms with Gasteiger partial charge in [-0.15, -0.1) is 0 Å². The zero-order valence-corrected chi connectivity index (χ0v) is 21.2. The number of carbonyl (C=O) groups is 2. The molecular formula is C32H27N3O3. The largest absolute Gasteiger partial charge is 0.422 e. The molecule has 0 aliphatic carbocycles. The van der Waals surface area contributed by atoms with E-state index in [4.69, 9.17) is 4.74 Å². The second-order valence-corrected chi connectivity index (χ2v) is 8.93. The lowest BCUT2D eigenvalue weighted by Crippen LogP contribution is -2.19. The highest BCUT2D eigenvalue weighted by molar-refractivity contribution is 6.10. The number of para-hydroxylation sites is 2. The summed E-state index contributed by atoms with van der Waals surface area (Å²) in [5.74, 6) is -0.487. The third kappa shape index (κ3) is 5.11. The van der Waals surface area contributed by atoms with Crippen molar-refractivity contribution in [3.63, 3.8) is 0 Å². The van der Waals surface area contributed by atoms with Crippen molar-refractivity contribution >= 4 is 29.0 Å². The number of ether oxygens (including phenoxy) is 1. The molecule has 188 valence electrons. The van der Waals surface area contributed by atoms with Gasteiger partial charge in [-0.25, -0.2) is 10.2 Å². The molecule has 1 aromatic heterocycles. The molecule has 5 aromatic rings. The number of rotatable bonds is 7. The minimum atomic E-state index is -0.466. The molecule has 0 spiro atoms. The van der Waals surface area contributed by atoms with E-state index < -0.39 is 5.97 Å². The van der Waals surface area contributed by atoms with Gasteiger partial charge in [-0.3, -0.25) is 4.79 Å². The zero-order chi connectivity index (χ0) is 26.5. The van der Waals surface area contributed by atoms with E-state index in [-0.39, 0.29) is 5.91 Å². The smallest absolute Gasteiger partial charge is 0.343 e. The van der Waals surface area contributed by atoms with E-state index in [9.17, 15) is 9.59 Å². The van der Waals surface area contributed by atoms with Crippen LogP contribution in [0.1, 0.15) is 44.5 Å². The predicted octanol–water partition coefficient (Wildman–Crippen LogP) is 6.69. The standard InChI is InChI=1S/C32H27N3O3/c1-3-22-13-9-14-26-28(23-10-5-4-6-11-23)30(34-29(22)26)31(36)35-33-20-25-12-7-8-15-27(25)38-32(37)24-18-16-21(2)17-19-24/h4-20,34H,3H2,1-2H3,(H,35,36). The van der Waals surface area contributed by atoms with Gasteiger partial charge in [0.1, 0.15) is 11.4 Å². The molecule has 6 nitrogen and oxygen atoms in total. The first-order chi connectivity index (χ1) is 18.5. The summed E-state index contributed by atoms with van der Waals surface area (Å²) in [4.78, 5) is 29.3. The zero-order valence-electron chi connectivity index (χ0n) is 21.2. The average molecular weight is 502 g/mol. The van der Waals surface area contributed by atoms with Crippen molar-refractivity contribution in [3.8, 4) is 16.9 Å². The highest BCUT2D eigenvalue weighted by Gasteiger charge is 2.20. The number of hydrogen-bond donors (Lipinski definition) is 2. The Kier molecular flexibility index (Phi) is 7.13. The number of esters is 1. The molecule has 1 heterocycles. The minimum Gasteiger partial charge on any atom is -0.422 e. The van der Waals surface area contributed by atoms with Crippen LogP contribution in [0.2, 0.25) is 0 Å². The van der Waals surface area contributed by atoms with Crippen LogP contribution < -0.4 is 10.2 Å². The third-order valence-corrected chi connectivity index (χ3v) is 6.37. The van der Waals surface area contributed by atoms with Crippen LogP contribution in [0.25, 0.3) is 22.0 Å². The monoisotopic (exact) mass is 501 g/mol. The van der Waals surface area contributed by atoms with Gasteiger partial charge in [-0.2, -0.15) is 5.10 Å². The Balaban J connectivity index is 1.40. The molecule has 38 heavy (non-hydrogen) atoms. The summed E-state index contributed by atoms with van der Waals surface area (Å²) in [5, 5.41) is 5.17. The topological polar surface area (TPSA) is 83.5 Å². The van der Waals surface area contributed by atoms with Crippen LogP contribution in [0.15, 0.2) is 102 Å². The average Bonchev–Trinajstić information content (AvgIpc) is 3.35. The number of fused-ring (bicyclic) bond motifs is 1. The van der Waals surface area contributed by atoms with E-state index in [2.05, 4.69) is 28.5 Å². The molecule has 0 saturated heterocycles. The van der Waals surface area contributed by atoms with Crippen molar-refractivity contribution in [2.45, 2.75) is 20.3 Å². The van der Waals surface area contributed by atoms with Gasteiger partial charge in [-0.05, 0) is 48.7 Å². The quantitative estimate of drug-likeness (QED) is 0.113. The summed E-state index contributed by atoms with van der Waals surface area (Å²) < 4.78 is 5.61. The fourth-order valence-corrected chi connectivity index (χ4v) is 4.39. The first kappa shape index (κ1) is 24.7. The van der Waals surface area contributed by atoms with E-state index in [1.54, 1.807) is 30.3 Å². The number of aromatic nitrogens is 1. The van der Waals surface area contributed by atoms with Crippen molar-refractivity contribution in [1.29, 1.82) is 0 Å². The van der Waals surface area contributed by atoms with Crippen molar-refractivity contribution in [2.24, 2.45) is 5.10 Å². The van der Waals surface area contributed by atoms with Gasteiger partial charge >= 0.3 is 5.97 Å². The second kappa shape index (κ2) is 11.0. The number of benzene rings is 4. The molecule has 0 aliphatic heterocycles. The van der Waals surface area contributed by atoms with Gasteiger partial charge in [0, 0.05) is 22.0 Å². The van der Waals surface area contributed by atoms with Crippen LogP contribution >= 0.6 is 0 Å². The molecular weight excluding hydrogens is 474 g/mol. The van der Waals surface area contributed by atoms with E-state index in [1.807, 2.05) is 67.6 Å². The normalized spacial score (nSPS) is 11.1. The number of H-pyrrole nitrogens is 1. The molecule has 0 atom stereocenters. The summed E-state index contributed by atoms with van der Waals surface area (Å²) in [6, 6.07) is 30.1. The molecule has 1 amide bonds. The SMILES string of the molecule is CCc1cccc2c(-c3ccccc3)c(C(=O)NN=Cc3ccccc3OC(=O)c3ccc(C)cc3)[nH]c12. The van der Waals surface area contributed by atoms with Crippen molar-refractivity contribution in [1.82, 2.24) is 10.4 Å². The number of nitrogens with zero attached hydrogens (tertiary/aromatic N) is 1. The van der Waals surface area contributed by atoms with E-state index in [0.717, 1.165) is 39.6 Å². The van der Waals surface area contributed by atoms with Crippen molar-refractivity contribution < 1.29 is 14.3 Å². The summed E-state index contributed by atoms with van der Waals surface area (Å²) in [6.45, 7) is 4.04.